The molecule has 2 nitrogen and oxygen atoms in total. The van der Waals surface area contributed by atoms with Crippen molar-refractivity contribution >= 4 is 11.3 Å². The second-order valence-corrected chi connectivity index (χ2v) is 8.63. The Balaban J connectivity index is 0.000000642. The summed E-state index contributed by atoms with van der Waals surface area (Å²) >= 11 is 0. The molecule has 1 aromatic heterocycles. The van der Waals surface area contributed by atoms with Gasteiger partial charge in [-0.05, 0) is 86.6 Å². The molecule has 0 unspecified atom stereocenters. The molecule has 0 aliphatic heterocycles. The molecule has 1 heterocycles. The van der Waals surface area contributed by atoms with Crippen molar-refractivity contribution in [2.45, 2.75) is 81.6 Å². The molecular formula is C35H50N2. The Labute approximate surface area is 227 Å². The van der Waals surface area contributed by atoms with Crippen LogP contribution in [0.25, 0.3) is 16.8 Å². The maximum absolute atomic E-state index is 7.43. The van der Waals surface area contributed by atoms with E-state index in [0.29, 0.717) is 5.71 Å². The van der Waals surface area contributed by atoms with Crippen molar-refractivity contribution in [3.63, 3.8) is 0 Å². The van der Waals surface area contributed by atoms with Crippen molar-refractivity contribution in [3.05, 3.63) is 113 Å². The summed E-state index contributed by atoms with van der Waals surface area (Å²) < 4.78 is 0. The lowest BCUT2D eigenvalue weighted by atomic mass is 9.96. The van der Waals surface area contributed by atoms with Crippen LogP contribution in [0.2, 0.25) is 0 Å². The quantitative estimate of drug-likeness (QED) is 0.240. The third-order valence-corrected chi connectivity index (χ3v) is 5.21. The molecule has 200 valence electrons. The maximum Gasteiger partial charge on any atom is 0.0455 e. The highest BCUT2D eigenvalue weighted by atomic mass is 14.7. The maximum atomic E-state index is 7.43. The van der Waals surface area contributed by atoms with Crippen molar-refractivity contribution in [1.29, 1.82) is 5.41 Å². The van der Waals surface area contributed by atoms with Crippen LogP contribution in [-0.4, -0.2) is 10.7 Å². The van der Waals surface area contributed by atoms with E-state index in [-0.39, 0.29) is 0 Å². The minimum Gasteiger partial charge on any atom is -0.359 e. The number of benzene rings is 2. The molecular weight excluding hydrogens is 448 g/mol. The Morgan fingerprint density at radius 1 is 0.919 bits per heavy atom. The second kappa shape index (κ2) is 20.8. The van der Waals surface area contributed by atoms with Gasteiger partial charge in [-0.1, -0.05) is 114 Å². The molecule has 3 aromatic rings. The molecule has 2 heteroatoms. The summed E-state index contributed by atoms with van der Waals surface area (Å²) in [6, 6.07) is 21.2. The van der Waals surface area contributed by atoms with Gasteiger partial charge in [-0.3, -0.25) is 0 Å². The molecule has 0 saturated carbocycles. The molecule has 0 spiro atoms. The van der Waals surface area contributed by atoms with Gasteiger partial charge in [0.1, 0.15) is 0 Å². The van der Waals surface area contributed by atoms with Gasteiger partial charge in [-0.15, -0.1) is 0 Å². The Morgan fingerprint density at radius 3 is 2.08 bits per heavy atom. The zero-order valence-corrected chi connectivity index (χ0v) is 24.8. The van der Waals surface area contributed by atoms with E-state index >= 15 is 0 Å². The molecule has 0 atom stereocenters. The van der Waals surface area contributed by atoms with Crippen LogP contribution in [-0.2, 0) is 6.42 Å². The summed E-state index contributed by atoms with van der Waals surface area (Å²) in [4.78, 5) is 3.29. The summed E-state index contributed by atoms with van der Waals surface area (Å²) in [5.41, 5.74) is 9.53. The zero-order chi connectivity index (χ0) is 28.1. The first-order valence-electron chi connectivity index (χ1n) is 13.7. The molecule has 0 fully saturated rings. The zero-order valence-electron chi connectivity index (χ0n) is 24.8. The van der Waals surface area contributed by atoms with E-state index in [0.717, 1.165) is 12.8 Å². The van der Waals surface area contributed by atoms with Gasteiger partial charge in [0.05, 0.1) is 0 Å². The number of aromatic nitrogens is 1. The van der Waals surface area contributed by atoms with Crippen LogP contribution in [0.3, 0.4) is 0 Å². The lowest BCUT2D eigenvalue weighted by Gasteiger charge is -2.09. The monoisotopic (exact) mass is 498 g/mol. The molecule has 0 aliphatic carbocycles. The number of nitrogens with one attached hydrogen (secondary N) is 2. The lowest BCUT2D eigenvalue weighted by molar-refractivity contribution is 1.09. The molecule has 2 N–H and O–H groups in total. The molecule has 37 heavy (non-hydrogen) atoms. The predicted molar refractivity (Wildman–Crippen MR) is 169 cm³/mol. The third kappa shape index (κ3) is 14.1. The fourth-order valence-electron chi connectivity index (χ4n) is 3.37. The first-order chi connectivity index (χ1) is 17.9. The van der Waals surface area contributed by atoms with Crippen molar-refractivity contribution < 1.29 is 0 Å². The summed E-state index contributed by atoms with van der Waals surface area (Å²) in [6.07, 6.45) is 13.4. The van der Waals surface area contributed by atoms with Gasteiger partial charge in [-0.2, -0.15) is 0 Å². The third-order valence-electron chi connectivity index (χ3n) is 5.21. The van der Waals surface area contributed by atoms with E-state index in [1.807, 2.05) is 45.0 Å². The van der Waals surface area contributed by atoms with Crippen molar-refractivity contribution in [2.75, 3.05) is 0 Å². The number of H-pyrrole nitrogens is 1. The first-order valence-corrected chi connectivity index (χ1v) is 13.7. The topological polar surface area (TPSA) is 39.6 Å². The first kappa shape index (κ1) is 33.6. The van der Waals surface area contributed by atoms with Crippen LogP contribution in [0, 0.1) is 19.3 Å². The van der Waals surface area contributed by atoms with Gasteiger partial charge >= 0.3 is 0 Å². The van der Waals surface area contributed by atoms with Crippen LogP contribution in [0.1, 0.15) is 83.7 Å². The summed E-state index contributed by atoms with van der Waals surface area (Å²) in [5, 5.41) is 7.43. The smallest absolute Gasteiger partial charge is 0.0455 e. The van der Waals surface area contributed by atoms with E-state index in [2.05, 4.69) is 106 Å². The Morgan fingerprint density at radius 2 is 1.57 bits per heavy atom. The highest BCUT2D eigenvalue weighted by Gasteiger charge is 2.03. The fourth-order valence-corrected chi connectivity index (χ4v) is 3.37. The van der Waals surface area contributed by atoms with Crippen LogP contribution in [0.15, 0.2) is 91.0 Å². The number of allylic oxidation sites excluding steroid dienone is 6. The second-order valence-electron chi connectivity index (χ2n) is 8.63. The SMILES string of the molecule is C/C=C\C=C(/CC)c1ccc(C)c(C/C=C\C(C)=N)c1.CC.CCC.Cc1ccc(-c2ccccc2)[nH]1. The molecule has 0 saturated heterocycles. The lowest BCUT2D eigenvalue weighted by Crippen LogP contribution is -1.92. The van der Waals surface area contributed by atoms with Gasteiger partial charge in [0.15, 0.2) is 0 Å². The average Bonchev–Trinajstić information content (AvgIpc) is 3.35. The normalized spacial score (nSPS) is 10.7. The number of aryl methyl sites for hydroxylation is 2. The minimum atomic E-state index is 0.598. The minimum absolute atomic E-state index is 0.598. The Bertz CT molecular complexity index is 1100. The summed E-state index contributed by atoms with van der Waals surface area (Å²) in [7, 11) is 0. The standard InChI is InChI=1S/C19H25N.C11H11N.C3H8.C2H6/c1-5-7-10-17(6-2)19-13-12-15(3)18(14-19)11-8-9-16(4)20;1-9-7-8-11(12-9)10-5-3-2-4-6-10;1-3-2;1-2/h5,7-10,12-14,20H,6,11H2,1-4H3;2-8,12H,1H3;3H2,1-2H3;1-2H3/b7-5-,9-8-,17-10+,20-16?;;;. The van der Waals surface area contributed by atoms with Crippen LogP contribution >= 0.6 is 0 Å². The summed E-state index contributed by atoms with van der Waals surface area (Å²) in [6.45, 7) is 18.5. The number of aromatic amines is 1. The number of rotatable bonds is 7. The number of hydrogen-bond donors (Lipinski definition) is 2. The van der Waals surface area contributed by atoms with Gasteiger partial charge in [0.25, 0.3) is 0 Å². The van der Waals surface area contributed by atoms with Gasteiger partial charge in [0.2, 0.25) is 0 Å². The van der Waals surface area contributed by atoms with E-state index in [1.165, 1.54) is 45.6 Å². The number of hydrogen-bond acceptors (Lipinski definition) is 1. The van der Waals surface area contributed by atoms with E-state index in [9.17, 15) is 0 Å². The molecule has 0 radical (unpaired) electrons. The fraction of sp³-hybridized carbons (Fsp3) is 0.343. The summed E-state index contributed by atoms with van der Waals surface area (Å²) in [5.74, 6) is 0. The molecule has 0 aliphatic rings. The molecule has 0 bridgehead atoms. The van der Waals surface area contributed by atoms with Crippen molar-refractivity contribution in [1.82, 2.24) is 4.98 Å². The van der Waals surface area contributed by atoms with Gasteiger partial charge in [-0.25, -0.2) is 0 Å². The van der Waals surface area contributed by atoms with Crippen molar-refractivity contribution in [2.24, 2.45) is 0 Å². The average molecular weight is 499 g/mol. The molecule has 0 amide bonds. The van der Waals surface area contributed by atoms with Gasteiger partial charge in [0, 0.05) is 17.1 Å². The van der Waals surface area contributed by atoms with Crippen LogP contribution < -0.4 is 0 Å². The van der Waals surface area contributed by atoms with Crippen LogP contribution in [0.4, 0.5) is 0 Å². The Kier molecular flexibility index (Phi) is 18.9. The highest BCUT2D eigenvalue weighted by molar-refractivity contribution is 5.89. The van der Waals surface area contributed by atoms with E-state index < -0.39 is 0 Å². The predicted octanol–water partition coefficient (Wildman–Crippen LogP) is 10.9. The Hall–Kier alpha value is -3.39. The van der Waals surface area contributed by atoms with Crippen LogP contribution in [0.5, 0.6) is 0 Å². The van der Waals surface area contributed by atoms with Crippen molar-refractivity contribution in [3.8, 4) is 11.3 Å². The van der Waals surface area contributed by atoms with E-state index in [4.69, 9.17) is 5.41 Å². The highest BCUT2D eigenvalue weighted by Crippen LogP contribution is 2.22. The largest absolute Gasteiger partial charge is 0.359 e. The van der Waals surface area contributed by atoms with Gasteiger partial charge < -0.3 is 10.4 Å². The van der Waals surface area contributed by atoms with E-state index in [1.54, 1.807) is 6.92 Å². The molecule has 3 rings (SSSR count). The molecule has 2 aromatic carbocycles.